The first-order valence-corrected chi connectivity index (χ1v) is 12.7. The molecule has 0 saturated heterocycles. The highest BCUT2D eigenvalue weighted by atomic mass is 16.5. The maximum absolute atomic E-state index is 11.7. The van der Waals surface area contributed by atoms with Crippen molar-refractivity contribution in [2.45, 2.75) is 65.2 Å². The lowest BCUT2D eigenvalue weighted by Crippen LogP contribution is -2.29. The second-order valence-electron chi connectivity index (χ2n) is 9.50. The van der Waals surface area contributed by atoms with Gasteiger partial charge in [-0.3, -0.25) is 0 Å². The molecular formula is C31H36O3. The molecule has 3 heteroatoms. The van der Waals surface area contributed by atoms with E-state index in [0.717, 1.165) is 68.6 Å². The first-order valence-electron chi connectivity index (χ1n) is 12.7. The fourth-order valence-electron chi connectivity index (χ4n) is 4.89. The highest BCUT2D eigenvalue weighted by Crippen LogP contribution is 2.37. The topological polar surface area (TPSA) is 35.5 Å². The predicted octanol–water partition coefficient (Wildman–Crippen LogP) is 7.53. The van der Waals surface area contributed by atoms with Gasteiger partial charge in [-0.2, -0.15) is 0 Å². The van der Waals surface area contributed by atoms with Crippen LogP contribution in [0.1, 0.15) is 61.8 Å². The molecule has 0 spiro atoms. The second-order valence-corrected chi connectivity index (χ2v) is 9.50. The Hall–Kier alpha value is -3.07. The third-order valence-electron chi connectivity index (χ3n) is 7.06. The third kappa shape index (κ3) is 5.88. The standard InChI is InChI=1S/C31H36O3/c1-3-9-26-21-29(34-28-11-6-5-7-12-28)15-16-30(26)33-19-8-10-24-13-14-25-17-18-31(4-2,23-32)22-27(25)20-24/h5-7,11-16,20-21,23H,3-4,8-10,17-19,22H2,1-2H3. The van der Waals surface area contributed by atoms with E-state index in [9.17, 15) is 4.79 Å². The monoisotopic (exact) mass is 456 g/mol. The number of carbonyl (C=O) groups excluding carboxylic acids is 1. The fraction of sp³-hybridized carbons (Fsp3) is 0.387. The van der Waals surface area contributed by atoms with Crippen LogP contribution in [0, 0.1) is 5.41 Å². The lowest BCUT2D eigenvalue weighted by Gasteiger charge is -2.32. The molecule has 0 aromatic heterocycles. The van der Waals surface area contributed by atoms with Crippen LogP contribution in [-0.2, 0) is 30.5 Å². The SMILES string of the molecule is CCCc1cc(Oc2ccccc2)ccc1OCCCc1ccc2c(c1)CC(C=O)(CC)CC2. The number of hydrogen-bond acceptors (Lipinski definition) is 3. The molecule has 0 amide bonds. The van der Waals surface area contributed by atoms with Crippen LogP contribution < -0.4 is 9.47 Å². The highest BCUT2D eigenvalue weighted by molar-refractivity contribution is 5.61. The van der Waals surface area contributed by atoms with Crippen molar-refractivity contribution in [3.8, 4) is 17.2 Å². The van der Waals surface area contributed by atoms with Crippen molar-refractivity contribution in [2.24, 2.45) is 5.41 Å². The Morgan fingerprint density at radius 2 is 1.76 bits per heavy atom. The summed E-state index contributed by atoms with van der Waals surface area (Å²) in [6.07, 6.45) is 8.93. The summed E-state index contributed by atoms with van der Waals surface area (Å²) < 4.78 is 12.2. The molecular weight excluding hydrogens is 420 g/mol. The van der Waals surface area contributed by atoms with Crippen LogP contribution in [0.3, 0.4) is 0 Å². The smallest absolute Gasteiger partial charge is 0.127 e. The Morgan fingerprint density at radius 1 is 0.912 bits per heavy atom. The van der Waals surface area contributed by atoms with E-state index in [1.807, 2.05) is 42.5 Å². The lowest BCUT2D eigenvalue weighted by molar-refractivity contribution is -0.117. The van der Waals surface area contributed by atoms with Crippen LogP contribution in [0.4, 0.5) is 0 Å². The lowest BCUT2D eigenvalue weighted by atomic mass is 9.70. The summed E-state index contributed by atoms with van der Waals surface area (Å²) >= 11 is 0. The van der Waals surface area contributed by atoms with Gasteiger partial charge in [0.2, 0.25) is 0 Å². The average Bonchev–Trinajstić information content (AvgIpc) is 2.88. The number of para-hydroxylation sites is 1. The van der Waals surface area contributed by atoms with Crippen LogP contribution in [-0.4, -0.2) is 12.9 Å². The van der Waals surface area contributed by atoms with Gasteiger partial charge in [0, 0.05) is 5.41 Å². The fourth-order valence-corrected chi connectivity index (χ4v) is 4.89. The summed E-state index contributed by atoms with van der Waals surface area (Å²) in [5.74, 6) is 2.63. The molecule has 34 heavy (non-hydrogen) atoms. The van der Waals surface area contributed by atoms with Gasteiger partial charge in [-0.15, -0.1) is 0 Å². The Morgan fingerprint density at radius 3 is 2.53 bits per heavy atom. The zero-order valence-corrected chi connectivity index (χ0v) is 20.5. The Bertz CT molecular complexity index is 1090. The van der Waals surface area contributed by atoms with Gasteiger partial charge in [0.25, 0.3) is 0 Å². The van der Waals surface area contributed by atoms with Crippen LogP contribution >= 0.6 is 0 Å². The second kappa shape index (κ2) is 11.4. The number of benzene rings is 3. The molecule has 3 aromatic rings. The van der Waals surface area contributed by atoms with Crippen LogP contribution in [0.5, 0.6) is 17.2 Å². The number of carbonyl (C=O) groups is 1. The summed E-state index contributed by atoms with van der Waals surface area (Å²) in [6.45, 7) is 5.00. The first kappa shape index (κ1) is 24.1. The molecule has 3 aromatic carbocycles. The molecule has 0 N–H and O–H groups in total. The Labute approximate surface area is 204 Å². The largest absolute Gasteiger partial charge is 0.493 e. The maximum atomic E-state index is 11.7. The van der Waals surface area contributed by atoms with E-state index >= 15 is 0 Å². The predicted molar refractivity (Wildman–Crippen MR) is 138 cm³/mol. The molecule has 1 aliphatic carbocycles. The van der Waals surface area contributed by atoms with Crippen LogP contribution in [0.2, 0.25) is 0 Å². The van der Waals surface area contributed by atoms with Crippen molar-refractivity contribution in [1.82, 2.24) is 0 Å². The summed E-state index contributed by atoms with van der Waals surface area (Å²) in [7, 11) is 0. The van der Waals surface area contributed by atoms with E-state index in [1.165, 1.54) is 28.5 Å². The third-order valence-corrected chi connectivity index (χ3v) is 7.06. The van der Waals surface area contributed by atoms with E-state index in [-0.39, 0.29) is 5.41 Å². The molecule has 0 heterocycles. The first-order chi connectivity index (χ1) is 16.6. The molecule has 178 valence electrons. The number of hydrogen-bond donors (Lipinski definition) is 0. The van der Waals surface area contributed by atoms with Gasteiger partial charge in [-0.1, -0.05) is 56.7 Å². The van der Waals surface area contributed by atoms with Crippen LogP contribution in [0.15, 0.2) is 66.7 Å². The van der Waals surface area contributed by atoms with E-state index < -0.39 is 0 Å². The van der Waals surface area contributed by atoms with Gasteiger partial charge < -0.3 is 14.3 Å². The molecule has 1 atom stereocenters. The molecule has 0 bridgehead atoms. The van der Waals surface area contributed by atoms with E-state index in [2.05, 4.69) is 38.1 Å². The molecule has 0 saturated carbocycles. The maximum Gasteiger partial charge on any atom is 0.127 e. The highest BCUT2D eigenvalue weighted by Gasteiger charge is 2.32. The molecule has 4 rings (SSSR count). The van der Waals surface area contributed by atoms with Crippen molar-refractivity contribution in [2.75, 3.05) is 6.61 Å². The van der Waals surface area contributed by atoms with Gasteiger partial charge in [-0.25, -0.2) is 0 Å². The minimum atomic E-state index is -0.166. The van der Waals surface area contributed by atoms with Crippen molar-refractivity contribution in [3.05, 3.63) is 89.0 Å². The zero-order valence-electron chi connectivity index (χ0n) is 20.5. The molecule has 1 aliphatic rings. The van der Waals surface area contributed by atoms with Gasteiger partial charge >= 0.3 is 0 Å². The van der Waals surface area contributed by atoms with Crippen molar-refractivity contribution >= 4 is 6.29 Å². The van der Waals surface area contributed by atoms with E-state index in [1.54, 1.807) is 0 Å². The molecule has 1 unspecified atom stereocenters. The van der Waals surface area contributed by atoms with E-state index in [0.29, 0.717) is 6.61 Å². The minimum absolute atomic E-state index is 0.166. The van der Waals surface area contributed by atoms with Gasteiger partial charge in [-0.05, 0) is 97.5 Å². The van der Waals surface area contributed by atoms with Gasteiger partial charge in [0.05, 0.1) is 6.61 Å². The average molecular weight is 457 g/mol. The summed E-state index contributed by atoms with van der Waals surface area (Å²) in [5, 5.41) is 0. The van der Waals surface area contributed by atoms with Gasteiger partial charge in [0.1, 0.15) is 23.5 Å². The number of ether oxygens (including phenoxy) is 2. The Kier molecular flexibility index (Phi) is 8.05. The number of fused-ring (bicyclic) bond motifs is 1. The molecule has 0 radical (unpaired) electrons. The Balaban J connectivity index is 1.34. The van der Waals surface area contributed by atoms with Crippen LogP contribution in [0.25, 0.3) is 0 Å². The molecule has 0 fully saturated rings. The summed E-state index contributed by atoms with van der Waals surface area (Å²) in [4.78, 5) is 11.7. The van der Waals surface area contributed by atoms with Crippen molar-refractivity contribution in [3.63, 3.8) is 0 Å². The summed E-state index contributed by atoms with van der Waals surface area (Å²) in [6, 6.07) is 22.8. The normalized spacial score (nSPS) is 17.1. The quantitative estimate of drug-likeness (QED) is 0.221. The number of rotatable bonds is 11. The van der Waals surface area contributed by atoms with Gasteiger partial charge in [0.15, 0.2) is 0 Å². The van der Waals surface area contributed by atoms with Crippen molar-refractivity contribution < 1.29 is 14.3 Å². The summed E-state index contributed by atoms with van der Waals surface area (Å²) in [5.41, 5.74) is 5.13. The number of aldehydes is 1. The minimum Gasteiger partial charge on any atom is -0.493 e. The number of aryl methyl sites for hydroxylation is 3. The zero-order chi connectivity index (χ0) is 23.8. The van der Waals surface area contributed by atoms with Crippen molar-refractivity contribution in [1.29, 1.82) is 0 Å². The van der Waals surface area contributed by atoms with E-state index in [4.69, 9.17) is 9.47 Å². The molecule has 3 nitrogen and oxygen atoms in total. The molecule has 0 aliphatic heterocycles.